The third-order valence-corrected chi connectivity index (χ3v) is 4.88. The number of fused-ring (bicyclic) bond motifs is 1. The smallest absolute Gasteiger partial charge is 0.123 e. The van der Waals surface area contributed by atoms with Gasteiger partial charge in [0.05, 0.1) is 11.0 Å². The zero-order valence-electron chi connectivity index (χ0n) is 15.0. The fourth-order valence-corrected chi connectivity index (χ4v) is 3.42. The number of rotatable bonds is 3. The number of halogens is 3. The summed E-state index contributed by atoms with van der Waals surface area (Å²) in [5.74, 6) is -0.508. The molecule has 2 aromatic carbocycles. The van der Waals surface area contributed by atoms with Gasteiger partial charge in [0.25, 0.3) is 0 Å². The second kappa shape index (κ2) is 7.49. The van der Waals surface area contributed by atoms with Crippen LogP contribution in [0.3, 0.4) is 0 Å². The second-order valence-corrected chi connectivity index (χ2v) is 6.49. The lowest BCUT2D eigenvalue weighted by atomic mass is 10.0. The largest absolute Gasteiger partial charge is 0.338 e. The fraction of sp³-hybridized carbons (Fsp3) is 0.136. The molecular formula is C22H19ClF2N2. The molecule has 0 saturated heterocycles. The number of benzene rings is 2. The highest BCUT2D eigenvalue weighted by atomic mass is 35.5. The van der Waals surface area contributed by atoms with Gasteiger partial charge in [-0.3, -0.25) is 4.98 Å². The van der Waals surface area contributed by atoms with Gasteiger partial charge < -0.3 is 4.57 Å². The summed E-state index contributed by atoms with van der Waals surface area (Å²) in [7, 11) is 0. The maximum Gasteiger partial charge on any atom is 0.123 e. The molecule has 4 rings (SSSR count). The van der Waals surface area contributed by atoms with E-state index in [-0.39, 0.29) is 24.0 Å². The Balaban J connectivity index is 0.00000210. The molecule has 0 amide bonds. The van der Waals surface area contributed by atoms with Crippen LogP contribution in [0.5, 0.6) is 0 Å². The first kappa shape index (κ1) is 19.1. The Morgan fingerprint density at radius 1 is 0.926 bits per heavy atom. The Morgan fingerprint density at radius 2 is 1.67 bits per heavy atom. The summed E-state index contributed by atoms with van der Waals surface area (Å²) in [5.41, 5.74) is 6.89. The van der Waals surface area contributed by atoms with Crippen LogP contribution in [-0.2, 0) is 6.54 Å². The molecule has 0 atom stereocenters. The van der Waals surface area contributed by atoms with Crippen LogP contribution in [0, 0.1) is 25.5 Å². The molecule has 138 valence electrons. The molecule has 0 bridgehead atoms. The van der Waals surface area contributed by atoms with E-state index < -0.39 is 0 Å². The van der Waals surface area contributed by atoms with Gasteiger partial charge in [-0.15, -0.1) is 12.4 Å². The van der Waals surface area contributed by atoms with Gasteiger partial charge in [0.15, 0.2) is 0 Å². The molecule has 0 N–H and O–H groups in total. The minimum absolute atomic E-state index is 0. The average molecular weight is 385 g/mol. The predicted octanol–water partition coefficient (Wildman–Crippen LogP) is 6.07. The van der Waals surface area contributed by atoms with E-state index in [1.807, 2.05) is 26.0 Å². The lowest BCUT2D eigenvalue weighted by Gasteiger charge is -2.12. The standard InChI is InChI=1S/C22H18F2N2.ClH/c1-14-15(2)26(13-16-4-3-5-19(24)12-16)22-20(10-11-25-21(14)22)17-6-8-18(23)9-7-17;/h3-12H,13H2,1-2H3;1H. The summed E-state index contributed by atoms with van der Waals surface area (Å²) in [4.78, 5) is 4.56. The molecule has 2 heterocycles. The van der Waals surface area contributed by atoms with Gasteiger partial charge in [-0.25, -0.2) is 8.78 Å². The molecule has 0 aliphatic heterocycles. The Kier molecular flexibility index (Phi) is 5.29. The molecule has 0 fully saturated rings. The maximum absolute atomic E-state index is 13.6. The minimum Gasteiger partial charge on any atom is -0.338 e. The van der Waals surface area contributed by atoms with Crippen molar-refractivity contribution in [2.75, 3.05) is 0 Å². The van der Waals surface area contributed by atoms with E-state index in [9.17, 15) is 8.78 Å². The molecule has 0 spiro atoms. The Labute approximate surface area is 162 Å². The molecule has 5 heteroatoms. The highest BCUT2D eigenvalue weighted by Gasteiger charge is 2.16. The van der Waals surface area contributed by atoms with Gasteiger partial charge in [0, 0.05) is 24.0 Å². The van der Waals surface area contributed by atoms with Crippen molar-refractivity contribution < 1.29 is 8.78 Å². The Bertz CT molecular complexity index is 1100. The van der Waals surface area contributed by atoms with Crippen LogP contribution in [0.4, 0.5) is 8.78 Å². The van der Waals surface area contributed by atoms with Crippen LogP contribution >= 0.6 is 12.4 Å². The number of pyridine rings is 1. The van der Waals surface area contributed by atoms with E-state index >= 15 is 0 Å². The number of aryl methyl sites for hydroxylation is 1. The average Bonchev–Trinajstić information content (AvgIpc) is 2.88. The molecule has 0 unspecified atom stereocenters. The van der Waals surface area contributed by atoms with E-state index in [2.05, 4.69) is 9.55 Å². The third kappa shape index (κ3) is 3.45. The maximum atomic E-state index is 13.6. The number of hydrogen-bond acceptors (Lipinski definition) is 1. The zero-order valence-corrected chi connectivity index (χ0v) is 15.9. The second-order valence-electron chi connectivity index (χ2n) is 6.49. The highest BCUT2D eigenvalue weighted by Crippen LogP contribution is 2.33. The Hall–Kier alpha value is -2.72. The van der Waals surface area contributed by atoms with Crippen LogP contribution < -0.4 is 0 Å². The first-order valence-electron chi connectivity index (χ1n) is 8.49. The van der Waals surface area contributed by atoms with Gasteiger partial charge in [-0.05, 0) is 60.9 Å². The van der Waals surface area contributed by atoms with Gasteiger partial charge in [0.1, 0.15) is 11.6 Å². The molecule has 4 aromatic rings. The van der Waals surface area contributed by atoms with Crippen molar-refractivity contribution in [3.63, 3.8) is 0 Å². The van der Waals surface area contributed by atoms with Crippen molar-refractivity contribution in [1.82, 2.24) is 9.55 Å². The van der Waals surface area contributed by atoms with Crippen molar-refractivity contribution in [3.8, 4) is 11.1 Å². The van der Waals surface area contributed by atoms with Crippen LogP contribution in [0.1, 0.15) is 16.8 Å². The molecule has 27 heavy (non-hydrogen) atoms. The van der Waals surface area contributed by atoms with Crippen LogP contribution in [0.25, 0.3) is 22.2 Å². The van der Waals surface area contributed by atoms with Crippen molar-refractivity contribution in [1.29, 1.82) is 0 Å². The first-order valence-corrected chi connectivity index (χ1v) is 8.49. The SMILES string of the molecule is Cc1c(C)n(Cc2cccc(F)c2)c2c(-c3ccc(F)cc3)ccnc12.Cl. The van der Waals surface area contributed by atoms with Gasteiger partial charge in [0.2, 0.25) is 0 Å². The third-order valence-electron chi connectivity index (χ3n) is 4.88. The van der Waals surface area contributed by atoms with Gasteiger partial charge >= 0.3 is 0 Å². The highest BCUT2D eigenvalue weighted by molar-refractivity contribution is 5.95. The number of hydrogen-bond donors (Lipinski definition) is 0. The normalized spacial score (nSPS) is 10.8. The van der Waals surface area contributed by atoms with Crippen LogP contribution in [-0.4, -0.2) is 9.55 Å². The molecule has 0 saturated carbocycles. The van der Waals surface area contributed by atoms with Gasteiger partial charge in [-0.2, -0.15) is 0 Å². The fourth-order valence-electron chi connectivity index (χ4n) is 3.42. The van der Waals surface area contributed by atoms with Crippen molar-refractivity contribution in [2.45, 2.75) is 20.4 Å². The topological polar surface area (TPSA) is 17.8 Å². The summed E-state index contributed by atoms with van der Waals surface area (Å²) < 4.78 is 29.1. The molecule has 0 aliphatic rings. The monoisotopic (exact) mass is 384 g/mol. The summed E-state index contributed by atoms with van der Waals surface area (Å²) in [6.45, 7) is 4.64. The van der Waals surface area contributed by atoms with Crippen LogP contribution in [0.15, 0.2) is 60.8 Å². The number of nitrogens with zero attached hydrogens (tertiary/aromatic N) is 2. The van der Waals surface area contributed by atoms with E-state index in [1.165, 1.54) is 18.2 Å². The lowest BCUT2D eigenvalue weighted by molar-refractivity contribution is 0.623. The lowest BCUT2D eigenvalue weighted by Crippen LogP contribution is -2.03. The van der Waals surface area contributed by atoms with Crippen molar-refractivity contribution >= 4 is 23.4 Å². The first-order chi connectivity index (χ1) is 12.5. The van der Waals surface area contributed by atoms with E-state index in [0.717, 1.165) is 39.0 Å². The molecule has 2 nitrogen and oxygen atoms in total. The molecule has 0 radical (unpaired) electrons. The predicted molar refractivity (Wildman–Crippen MR) is 107 cm³/mol. The molecule has 2 aromatic heterocycles. The van der Waals surface area contributed by atoms with Crippen molar-refractivity contribution in [3.05, 3.63) is 89.2 Å². The molecular weight excluding hydrogens is 366 g/mol. The quantitative estimate of drug-likeness (QED) is 0.419. The van der Waals surface area contributed by atoms with Crippen LogP contribution in [0.2, 0.25) is 0 Å². The summed E-state index contributed by atoms with van der Waals surface area (Å²) >= 11 is 0. The Morgan fingerprint density at radius 3 is 2.37 bits per heavy atom. The summed E-state index contributed by atoms with van der Waals surface area (Å²) in [6.07, 6.45) is 1.78. The summed E-state index contributed by atoms with van der Waals surface area (Å²) in [6, 6.07) is 15.0. The summed E-state index contributed by atoms with van der Waals surface area (Å²) in [5, 5.41) is 0. The van der Waals surface area contributed by atoms with E-state index in [1.54, 1.807) is 30.5 Å². The zero-order chi connectivity index (χ0) is 18.3. The van der Waals surface area contributed by atoms with Crippen molar-refractivity contribution in [2.24, 2.45) is 0 Å². The number of aromatic nitrogens is 2. The van der Waals surface area contributed by atoms with E-state index in [0.29, 0.717) is 6.54 Å². The minimum atomic E-state index is -0.262. The van der Waals surface area contributed by atoms with E-state index in [4.69, 9.17) is 0 Å². The van der Waals surface area contributed by atoms with Gasteiger partial charge in [-0.1, -0.05) is 24.3 Å². The molecule has 0 aliphatic carbocycles.